The van der Waals surface area contributed by atoms with Gasteiger partial charge in [-0.05, 0) is 35.9 Å². The highest BCUT2D eigenvalue weighted by Gasteiger charge is 2.11. The fourth-order valence-electron chi connectivity index (χ4n) is 2.91. The van der Waals surface area contributed by atoms with E-state index in [1.54, 1.807) is 13.2 Å². The first kappa shape index (κ1) is 14.5. The molecule has 2 aromatic carbocycles. The summed E-state index contributed by atoms with van der Waals surface area (Å²) in [5.74, 6) is 0.589. The van der Waals surface area contributed by atoms with Crippen LogP contribution >= 0.6 is 0 Å². The van der Waals surface area contributed by atoms with Gasteiger partial charge in [-0.15, -0.1) is 0 Å². The van der Waals surface area contributed by atoms with E-state index < -0.39 is 0 Å². The number of halogens is 1. The predicted molar refractivity (Wildman–Crippen MR) is 91.6 cm³/mol. The van der Waals surface area contributed by atoms with Gasteiger partial charge in [0.2, 0.25) is 0 Å². The number of H-pyrrole nitrogens is 1. The predicted octanol–water partition coefficient (Wildman–Crippen LogP) is 4.23. The molecule has 4 nitrogen and oxygen atoms in total. The van der Waals surface area contributed by atoms with Crippen molar-refractivity contribution in [3.05, 3.63) is 72.6 Å². The molecular weight excluding hydrogens is 305 g/mol. The summed E-state index contributed by atoms with van der Waals surface area (Å²) in [5, 5.41) is 0.980. The Kier molecular flexibility index (Phi) is 3.54. The van der Waals surface area contributed by atoms with Crippen LogP contribution in [0.25, 0.3) is 22.2 Å². The van der Waals surface area contributed by atoms with Gasteiger partial charge >= 0.3 is 0 Å². The summed E-state index contributed by atoms with van der Waals surface area (Å²) < 4.78 is 20.6. The van der Waals surface area contributed by atoms with Gasteiger partial charge in [-0.1, -0.05) is 12.1 Å². The summed E-state index contributed by atoms with van der Waals surface area (Å²) in [6, 6.07) is 12.7. The third kappa shape index (κ3) is 2.54. The number of rotatable bonds is 4. The van der Waals surface area contributed by atoms with E-state index in [9.17, 15) is 4.39 Å². The molecule has 0 bridgehead atoms. The van der Waals surface area contributed by atoms with Gasteiger partial charge in [0.1, 0.15) is 11.6 Å². The van der Waals surface area contributed by atoms with Crippen molar-refractivity contribution in [1.29, 1.82) is 0 Å². The van der Waals surface area contributed by atoms with E-state index in [-0.39, 0.29) is 5.82 Å². The quantitative estimate of drug-likeness (QED) is 0.611. The van der Waals surface area contributed by atoms with Gasteiger partial charge in [0.25, 0.3) is 0 Å². The zero-order valence-electron chi connectivity index (χ0n) is 13.2. The van der Waals surface area contributed by atoms with Gasteiger partial charge in [0, 0.05) is 29.2 Å². The molecule has 0 aliphatic rings. The molecule has 4 rings (SSSR count). The van der Waals surface area contributed by atoms with Crippen molar-refractivity contribution in [2.24, 2.45) is 0 Å². The van der Waals surface area contributed by atoms with E-state index in [1.165, 1.54) is 12.1 Å². The van der Waals surface area contributed by atoms with Crippen LogP contribution < -0.4 is 4.74 Å². The number of methoxy groups -OCH3 is 1. The number of hydrogen-bond donors (Lipinski definition) is 1. The van der Waals surface area contributed by atoms with E-state index in [0.717, 1.165) is 33.5 Å². The first-order chi connectivity index (χ1) is 11.7. The van der Waals surface area contributed by atoms with Crippen molar-refractivity contribution in [2.45, 2.75) is 6.54 Å². The lowest BCUT2D eigenvalue weighted by molar-refractivity contribution is 0.414. The average molecular weight is 321 g/mol. The summed E-state index contributed by atoms with van der Waals surface area (Å²) in [4.78, 5) is 7.41. The van der Waals surface area contributed by atoms with Crippen molar-refractivity contribution in [3.8, 4) is 17.0 Å². The maximum Gasteiger partial charge on any atom is 0.125 e. The molecule has 0 spiro atoms. The molecule has 0 atom stereocenters. The largest absolute Gasteiger partial charge is 0.497 e. The van der Waals surface area contributed by atoms with Crippen molar-refractivity contribution in [2.75, 3.05) is 7.11 Å². The number of fused-ring (bicyclic) bond motifs is 1. The van der Waals surface area contributed by atoms with Crippen LogP contribution in [0.4, 0.5) is 4.39 Å². The number of imidazole rings is 1. The molecule has 0 aliphatic heterocycles. The molecule has 4 aromatic rings. The topological polar surface area (TPSA) is 42.8 Å². The maximum absolute atomic E-state index is 13.4. The van der Waals surface area contributed by atoms with Gasteiger partial charge in [-0.25, -0.2) is 9.37 Å². The minimum Gasteiger partial charge on any atom is -0.497 e. The van der Waals surface area contributed by atoms with E-state index in [0.29, 0.717) is 6.54 Å². The lowest BCUT2D eigenvalue weighted by Gasteiger charge is -2.08. The highest BCUT2D eigenvalue weighted by molar-refractivity contribution is 5.94. The summed E-state index contributed by atoms with van der Waals surface area (Å²) in [5.41, 5.74) is 3.93. The zero-order valence-corrected chi connectivity index (χ0v) is 13.2. The number of aromatic amines is 1. The Morgan fingerprint density at radius 2 is 2.00 bits per heavy atom. The monoisotopic (exact) mass is 321 g/mol. The van der Waals surface area contributed by atoms with Gasteiger partial charge in [0.15, 0.2) is 0 Å². The molecular formula is C19H16FN3O. The van der Waals surface area contributed by atoms with Crippen LogP contribution in [0.3, 0.4) is 0 Å². The van der Waals surface area contributed by atoms with Gasteiger partial charge in [0.05, 0.1) is 25.3 Å². The zero-order chi connectivity index (χ0) is 16.5. The number of ether oxygens (including phenoxy) is 1. The molecule has 0 unspecified atom stereocenters. The average Bonchev–Trinajstić information content (AvgIpc) is 3.21. The first-order valence-electron chi connectivity index (χ1n) is 7.64. The lowest BCUT2D eigenvalue weighted by Crippen LogP contribution is -2.00. The van der Waals surface area contributed by atoms with E-state index in [4.69, 9.17) is 4.74 Å². The molecule has 24 heavy (non-hydrogen) atoms. The van der Waals surface area contributed by atoms with Crippen LogP contribution in [0.1, 0.15) is 5.56 Å². The second-order valence-electron chi connectivity index (χ2n) is 5.65. The third-order valence-electron chi connectivity index (χ3n) is 4.14. The third-order valence-corrected chi connectivity index (χ3v) is 4.14. The van der Waals surface area contributed by atoms with E-state index >= 15 is 0 Å². The Hall–Kier alpha value is -3.08. The molecule has 0 amide bonds. The van der Waals surface area contributed by atoms with Crippen molar-refractivity contribution < 1.29 is 9.13 Å². The Morgan fingerprint density at radius 3 is 2.79 bits per heavy atom. The van der Waals surface area contributed by atoms with E-state index in [2.05, 4.69) is 14.5 Å². The molecule has 120 valence electrons. The summed E-state index contributed by atoms with van der Waals surface area (Å²) in [7, 11) is 1.66. The van der Waals surface area contributed by atoms with Crippen LogP contribution in [0, 0.1) is 5.82 Å². The Labute approximate surface area is 138 Å². The smallest absolute Gasteiger partial charge is 0.125 e. The fraction of sp³-hybridized carbons (Fsp3) is 0.105. The minimum absolute atomic E-state index is 0.248. The van der Waals surface area contributed by atoms with Crippen molar-refractivity contribution in [3.63, 3.8) is 0 Å². The van der Waals surface area contributed by atoms with Crippen LogP contribution in [0.15, 0.2) is 61.2 Å². The van der Waals surface area contributed by atoms with Crippen LogP contribution in [-0.4, -0.2) is 21.6 Å². The Morgan fingerprint density at radius 1 is 1.17 bits per heavy atom. The number of nitrogens with zero attached hydrogens (tertiary/aromatic N) is 2. The van der Waals surface area contributed by atoms with Crippen LogP contribution in [0.5, 0.6) is 5.75 Å². The first-order valence-corrected chi connectivity index (χ1v) is 7.64. The second-order valence-corrected chi connectivity index (χ2v) is 5.65. The molecule has 0 saturated heterocycles. The highest BCUT2D eigenvalue weighted by atomic mass is 19.1. The fourth-order valence-corrected chi connectivity index (χ4v) is 2.91. The van der Waals surface area contributed by atoms with Gasteiger partial charge in [-0.2, -0.15) is 0 Å². The number of nitrogens with one attached hydrogen (secondary N) is 1. The molecule has 5 heteroatoms. The van der Waals surface area contributed by atoms with Gasteiger partial charge < -0.3 is 14.3 Å². The van der Waals surface area contributed by atoms with Gasteiger partial charge in [-0.3, -0.25) is 0 Å². The molecule has 0 radical (unpaired) electrons. The molecule has 0 fully saturated rings. The molecule has 1 N–H and O–H groups in total. The Balaban J connectivity index is 1.70. The maximum atomic E-state index is 13.4. The van der Waals surface area contributed by atoms with E-state index in [1.807, 2.05) is 43.0 Å². The number of benzene rings is 2. The summed E-state index contributed by atoms with van der Waals surface area (Å²) in [6.07, 6.45) is 5.53. The standard InChI is InChI=1S/C19H16FN3O/c1-24-15-5-2-13(3-6-15)11-23-12-21-10-19(23)17-9-22-18-8-14(20)4-7-16(17)18/h2-10,12,22H,11H2,1H3. The lowest BCUT2D eigenvalue weighted by atomic mass is 10.1. The summed E-state index contributed by atoms with van der Waals surface area (Å²) in [6.45, 7) is 0.702. The number of aromatic nitrogens is 3. The molecule has 2 heterocycles. The highest BCUT2D eigenvalue weighted by Crippen LogP contribution is 2.29. The minimum atomic E-state index is -0.248. The second kappa shape index (κ2) is 5.85. The molecule has 0 aliphatic carbocycles. The SMILES string of the molecule is COc1ccc(Cn2cncc2-c2c[nH]c3cc(F)ccc23)cc1. The number of hydrogen-bond acceptors (Lipinski definition) is 2. The van der Waals surface area contributed by atoms with Crippen molar-refractivity contribution in [1.82, 2.24) is 14.5 Å². The van der Waals surface area contributed by atoms with Crippen LogP contribution in [-0.2, 0) is 6.54 Å². The van der Waals surface area contributed by atoms with Crippen molar-refractivity contribution >= 4 is 10.9 Å². The normalized spacial score (nSPS) is 11.1. The summed E-state index contributed by atoms with van der Waals surface area (Å²) >= 11 is 0. The Bertz CT molecular complexity index is 985. The van der Waals surface area contributed by atoms with Crippen LogP contribution in [0.2, 0.25) is 0 Å². The molecule has 2 aromatic heterocycles. The molecule has 0 saturated carbocycles.